The van der Waals surface area contributed by atoms with E-state index in [1.807, 2.05) is 0 Å². The smallest absolute Gasteiger partial charge is 0.404 e. The third-order valence-corrected chi connectivity index (χ3v) is 3.66. The number of rotatable bonds is 5. The lowest BCUT2D eigenvalue weighted by atomic mass is 10.1. The van der Waals surface area contributed by atoms with Crippen LogP contribution in [0.4, 0.5) is 5.69 Å². The van der Waals surface area contributed by atoms with Crippen LogP contribution in [-0.4, -0.2) is 19.1 Å². The lowest BCUT2D eigenvalue weighted by Gasteiger charge is -2.16. The van der Waals surface area contributed by atoms with Gasteiger partial charge in [0, 0.05) is 25.8 Å². The van der Waals surface area contributed by atoms with Gasteiger partial charge in [-0.15, -0.1) is 0 Å². The molecule has 0 atom stereocenters. The molecule has 7 nitrogen and oxygen atoms in total. The van der Waals surface area contributed by atoms with Crippen molar-refractivity contribution in [3.05, 3.63) is 33.4 Å². The Labute approximate surface area is 104 Å². The Kier molecular flexibility index (Phi) is 4.45. The SMILES string of the molecule is COP(=O)(OC)Oc1cc(C)c([N+](=O)[O-])cc1C. The highest BCUT2D eigenvalue weighted by atomic mass is 31.2. The molecule has 0 aromatic heterocycles. The van der Waals surface area contributed by atoms with E-state index in [-0.39, 0.29) is 11.4 Å². The Bertz CT molecular complexity index is 507. The third-order valence-electron chi connectivity index (χ3n) is 2.35. The second-order valence-corrected chi connectivity index (χ2v) is 5.37. The topological polar surface area (TPSA) is 87.9 Å². The van der Waals surface area contributed by atoms with Crippen molar-refractivity contribution in [3.8, 4) is 5.75 Å². The molecule has 8 heteroatoms. The van der Waals surface area contributed by atoms with Crippen molar-refractivity contribution in [2.24, 2.45) is 0 Å². The van der Waals surface area contributed by atoms with Gasteiger partial charge in [0.2, 0.25) is 0 Å². The quantitative estimate of drug-likeness (QED) is 0.466. The van der Waals surface area contributed by atoms with Gasteiger partial charge in [0.1, 0.15) is 5.75 Å². The Balaban J connectivity index is 3.17. The number of benzene rings is 1. The van der Waals surface area contributed by atoms with Crippen LogP contribution in [0.15, 0.2) is 12.1 Å². The Morgan fingerprint density at radius 2 is 1.72 bits per heavy atom. The minimum Gasteiger partial charge on any atom is -0.404 e. The molecule has 0 saturated carbocycles. The number of hydrogen-bond donors (Lipinski definition) is 0. The van der Waals surface area contributed by atoms with Gasteiger partial charge in [-0.2, -0.15) is 0 Å². The van der Waals surface area contributed by atoms with E-state index >= 15 is 0 Å². The largest absolute Gasteiger partial charge is 0.529 e. The molecule has 0 aliphatic heterocycles. The van der Waals surface area contributed by atoms with Crippen LogP contribution < -0.4 is 4.52 Å². The molecule has 0 aliphatic carbocycles. The number of phosphoric ester groups is 1. The van der Waals surface area contributed by atoms with Gasteiger partial charge in [0.15, 0.2) is 0 Å². The molecule has 0 unspecified atom stereocenters. The summed E-state index contributed by atoms with van der Waals surface area (Å²) in [6.07, 6.45) is 0. The van der Waals surface area contributed by atoms with Crippen LogP contribution in [0.1, 0.15) is 11.1 Å². The maximum atomic E-state index is 11.8. The first-order valence-electron chi connectivity index (χ1n) is 4.99. The standard InChI is InChI=1S/C10H14NO6P/c1-7-6-10(17-18(14,15-3)16-4)8(2)5-9(7)11(12)13/h5-6H,1-4H3. The van der Waals surface area contributed by atoms with Crippen LogP contribution in [0.5, 0.6) is 5.75 Å². The summed E-state index contributed by atoms with van der Waals surface area (Å²) in [5.41, 5.74) is 0.852. The average Bonchev–Trinajstić information content (AvgIpc) is 2.32. The Morgan fingerprint density at radius 1 is 1.17 bits per heavy atom. The molecule has 100 valence electrons. The molecule has 0 amide bonds. The lowest BCUT2D eigenvalue weighted by molar-refractivity contribution is -0.385. The Morgan fingerprint density at radius 3 is 2.17 bits per heavy atom. The van der Waals surface area contributed by atoms with Gasteiger partial charge < -0.3 is 4.52 Å². The van der Waals surface area contributed by atoms with E-state index in [2.05, 4.69) is 9.05 Å². The molecule has 0 radical (unpaired) electrons. The fraction of sp³-hybridized carbons (Fsp3) is 0.400. The normalized spacial score (nSPS) is 11.3. The molecular formula is C10H14NO6P. The first-order chi connectivity index (χ1) is 8.33. The predicted molar refractivity (Wildman–Crippen MR) is 64.8 cm³/mol. The first kappa shape index (κ1) is 14.6. The van der Waals surface area contributed by atoms with Gasteiger partial charge in [0.05, 0.1) is 4.92 Å². The number of hydrogen-bond acceptors (Lipinski definition) is 6. The van der Waals surface area contributed by atoms with Gasteiger partial charge in [-0.05, 0) is 25.5 Å². The van der Waals surface area contributed by atoms with Crippen molar-refractivity contribution in [3.63, 3.8) is 0 Å². The summed E-state index contributed by atoms with van der Waals surface area (Å²) >= 11 is 0. The predicted octanol–water partition coefficient (Wildman–Crippen LogP) is 2.99. The van der Waals surface area contributed by atoms with E-state index in [1.165, 1.54) is 26.4 Å². The van der Waals surface area contributed by atoms with Gasteiger partial charge in [-0.3, -0.25) is 19.2 Å². The van der Waals surface area contributed by atoms with Crippen molar-refractivity contribution >= 4 is 13.5 Å². The zero-order valence-corrected chi connectivity index (χ0v) is 11.4. The van der Waals surface area contributed by atoms with E-state index in [9.17, 15) is 14.7 Å². The molecule has 0 heterocycles. The molecule has 0 N–H and O–H groups in total. The van der Waals surface area contributed by atoms with Crippen LogP contribution >= 0.6 is 7.82 Å². The molecule has 0 saturated heterocycles. The highest BCUT2D eigenvalue weighted by Gasteiger charge is 2.26. The number of nitrogens with zero attached hydrogens (tertiary/aromatic N) is 1. The van der Waals surface area contributed by atoms with Gasteiger partial charge in [-0.1, -0.05) is 0 Å². The van der Waals surface area contributed by atoms with Crippen molar-refractivity contribution in [1.29, 1.82) is 0 Å². The van der Waals surface area contributed by atoms with Gasteiger partial charge >= 0.3 is 7.82 Å². The minimum atomic E-state index is -3.66. The highest BCUT2D eigenvalue weighted by molar-refractivity contribution is 7.48. The zero-order chi connectivity index (χ0) is 13.9. The summed E-state index contributed by atoms with van der Waals surface area (Å²) in [5, 5.41) is 10.7. The second kappa shape index (κ2) is 5.48. The van der Waals surface area contributed by atoms with Gasteiger partial charge in [0.25, 0.3) is 5.69 Å². The summed E-state index contributed by atoms with van der Waals surface area (Å²) in [7, 11) is -1.27. The van der Waals surface area contributed by atoms with Crippen LogP contribution in [0.3, 0.4) is 0 Å². The van der Waals surface area contributed by atoms with Crippen molar-refractivity contribution in [1.82, 2.24) is 0 Å². The number of nitro benzene ring substituents is 1. The zero-order valence-electron chi connectivity index (χ0n) is 10.5. The Hall–Kier alpha value is -1.43. The third kappa shape index (κ3) is 3.07. The second-order valence-electron chi connectivity index (χ2n) is 3.56. The van der Waals surface area contributed by atoms with E-state index in [0.29, 0.717) is 11.1 Å². The van der Waals surface area contributed by atoms with Crippen LogP contribution in [0, 0.1) is 24.0 Å². The van der Waals surface area contributed by atoms with Gasteiger partial charge in [-0.25, -0.2) is 4.57 Å². The summed E-state index contributed by atoms with van der Waals surface area (Å²) in [6.45, 7) is 3.17. The van der Waals surface area contributed by atoms with E-state index in [1.54, 1.807) is 13.8 Å². The monoisotopic (exact) mass is 275 g/mol. The average molecular weight is 275 g/mol. The van der Waals surface area contributed by atoms with E-state index in [0.717, 1.165) is 0 Å². The molecule has 1 aromatic rings. The maximum Gasteiger partial charge on any atom is 0.529 e. The number of nitro groups is 1. The summed E-state index contributed by atoms with van der Waals surface area (Å²) < 4.78 is 26.2. The molecule has 0 fully saturated rings. The summed E-state index contributed by atoms with van der Waals surface area (Å²) in [4.78, 5) is 10.3. The molecule has 1 aromatic carbocycles. The number of phosphoric acid groups is 1. The molecule has 0 aliphatic rings. The molecule has 1 rings (SSSR count). The fourth-order valence-corrected chi connectivity index (χ4v) is 2.07. The minimum absolute atomic E-state index is 0.0236. The molecule has 18 heavy (non-hydrogen) atoms. The fourth-order valence-electron chi connectivity index (χ4n) is 1.34. The van der Waals surface area contributed by atoms with Crippen LogP contribution in [-0.2, 0) is 13.6 Å². The van der Waals surface area contributed by atoms with E-state index in [4.69, 9.17) is 4.52 Å². The van der Waals surface area contributed by atoms with Crippen molar-refractivity contribution < 1.29 is 23.1 Å². The molecular weight excluding hydrogens is 261 g/mol. The van der Waals surface area contributed by atoms with Crippen LogP contribution in [0.2, 0.25) is 0 Å². The molecule has 0 bridgehead atoms. The highest BCUT2D eigenvalue weighted by Crippen LogP contribution is 2.49. The van der Waals surface area contributed by atoms with E-state index < -0.39 is 12.7 Å². The van der Waals surface area contributed by atoms with Crippen molar-refractivity contribution in [2.45, 2.75) is 13.8 Å². The summed E-state index contributed by atoms with van der Waals surface area (Å²) in [6, 6.07) is 2.78. The number of aryl methyl sites for hydroxylation is 2. The molecule has 0 spiro atoms. The first-order valence-corrected chi connectivity index (χ1v) is 6.45. The lowest BCUT2D eigenvalue weighted by Crippen LogP contribution is -2.00. The maximum absolute atomic E-state index is 11.8. The summed E-state index contributed by atoms with van der Waals surface area (Å²) in [5.74, 6) is 0.227. The van der Waals surface area contributed by atoms with Crippen molar-refractivity contribution in [2.75, 3.05) is 14.2 Å². The van der Waals surface area contributed by atoms with Crippen LogP contribution in [0.25, 0.3) is 0 Å².